The number of hydrogen-bond donors (Lipinski definition) is 2. The van der Waals surface area contributed by atoms with E-state index in [0.29, 0.717) is 5.71 Å². The largest absolute Gasteiger partial charge is 0.387 e. The average Bonchev–Trinajstić information content (AvgIpc) is 1.36. The first-order valence-electron chi connectivity index (χ1n) is 1.87. The Morgan fingerprint density at radius 2 is 2.00 bits per heavy atom. The van der Waals surface area contributed by atoms with Crippen molar-refractivity contribution in [2.45, 2.75) is 20.0 Å². The Morgan fingerprint density at radius 1 is 1.83 bits per heavy atom. The first-order chi connectivity index (χ1) is 2.64. The molecular weight excluding hydrogens is 78.0 g/mol. The van der Waals surface area contributed by atoms with Crippen molar-refractivity contribution >= 4 is 5.71 Å². The molecule has 2 nitrogen and oxygen atoms in total. The number of hydrogen-bond acceptors (Lipinski definition) is 2. The van der Waals surface area contributed by atoms with Crippen LogP contribution in [0.3, 0.4) is 0 Å². The fraction of sp³-hybridized carbons (Fsp3) is 0.750. The third-order valence-corrected chi connectivity index (χ3v) is 0.627. The van der Waals surface area contributed by atoms with Gasteiger partial charge in [0.25, 0.3) is 0 Å². The number of aliphatic hydroxyl groups is 1. The molecule has 0 radical (unpaired) electrons. The molecule has 1 unspecified atom stereocenters. The van der Waals surface area contributed by atoms with Crippen LogP contribution in [0.5, 0.6) is 0 Å². The van der Waals surface area contributed by atoms with E-state index in [-0.39, 0.29) is 0 Å². The van der Waals surface area contributed by atoms with Gasteiger partial charge in [-0.25, -0.2) is 0 Å². The fourth-order valence-electron chi connectivity index (χ4n) is 0. The van der Waals surface area contributed by atoms with Crippen molar-refractivity contribution in [2.24, 2.45) is 0 Å². The quantitative estimate of drug-likeness (QED) is 0.447. The van der Waals surface area contributed by atoms with Gasteiger partial charge in [0.05, 0.1) is 6.10 Å². The molecule has 0 saturated carbocycles. The first-order valence-corrected chi connectivity index (χ1v) is 1.87. The molecule has 0 rings (SSSR count). The standard InChI is InChI=1S/C4H9NO/c1-3(5)4(2)6/h4-6H,1-2H3. The number of rotatable bonds is 1. The minimum Gasteiger partial charge on any atom is -0.387 e. The van der Waals surface area contributed by atoms with Crippen LogP contribution in [0.25, 0.3) is 0 Å². The highest BCUT2D eigenvalue weighted by atomic mass is 16.3. The molecule has 0 saturated heterocycles. The van der Waals surface area contributed by atoms with E-state index in [4.69, 9.17) is 10.5 Å². The topological polar surface area (TPSA) is 44.1 Å². The number of aliphatic hydroxyl groups excluding tert-OH is 1. The SMILES string of the molecule is CC(=N)C(C)O. The highest BCUT2D eigenvalue weighted by molar-refractivity contribution is 5.82. The summed E-state index contributed by atoms with van der Waals surface area (Å²) in [5.74, 6) is 0. The van der Waals surface area contributed by atoms with Crippen LogP contribution < -0.4 is 0 Å². The van der Waals surface area contributed by atoms with Crippen LogP contribution in [0.15, 0.2) is 0 Å². The second-order valence-corrected chi connectivity index (χ2v) is 1.36. The summed E-state index contributed by atoms with van der Waals surface area (Å²) >= 11 is 0. The molecule has 0 aromatic heterocycles. The molecule has 0 aromatic rings. The lowest BCUT2D eigenvalue weighted by atomic mass is 10.3. The van der Waals surface area contributed by atoms with Gasteiger partial charge in [0.15, 0.2) is 0 Å². The van der Waals surface area contributed by atoms with Crippen molar-refractivity contribution in [1.82, 2.24) is 0 Å². The Balaban J connectivity index is 3.26. The zero-order valence-electron chi connectivity index (χ0n) is 4.02. The zero-order chi connectivity index (χ0) is 5.15. The van der Waals surface area contributed by atoms with Crippen LogP contribution in [0.2, 0.25) is 0 Å². The van der Waals surface area contributed by atoms with E-state index in [1.807, 2.05) is 0 Å². The van der Waals surface area contributed by atoms with E-state index in [1.54, 1.807) is 13.8 Å². The summed E-state index contributed by atoms with van der Waals surface area (Å²) in [7, 11) is 0. The molecule has 0 spiro atoms. The van der Waals surface area contributed by atoms with Gasteiger partial charge in [0.1, 0.15) is 0 Å². The molecule has 0 amide bonds. The molecule has 2 heteroatoms. The van der Waals surface area contributed by atoms with Gasteiger partial charge in [-0.15, -0.1) is 0 Å². The van der Waals surface area contributed by atoms with Crippen LogP contribution in [0.4, 0.5) is 0 Å². The monoisotopic (exact) mass is 87.1 g/mol. The lowest BCUT2D eigenvalue weighted by Crippen LogP contribution is -2.09. The van der Waals surface area contributed by atoms with E-state index in [1.165, 1.54) is 0 Å². The van der Waals surface area contributed by atoms with Gasteiger partial charge >= 0.3 is 0 Å². The van der Waals surface area contributed by atoms with Gasteiger partial charge < -0.3 is 10.5 Å². The lowest BCUT2D eigenvalue weighted by Gasteiger charge is -1.94. The van der Waals surface area contributed by atoms with Crippen LogP contribution in [-0.2, 0) is 0 Å². The van der Waals surface area contributed by atoms with Gasteiger partial charge in [-0.2, -0.15) is 0 Å². The summed E-state index contributed by atoms with van der Waals surface area (Å²) in [5.41, 5.74) is 0.315. The molecule has 36 valence electrons. The van der Waals surface area contributed by atoms with E-state index in [9.17, 15) is 0 Å². The van der Waals surface area contributed by atoms with Gasteiger partial charge in [-0.3, -0.25) is 0 Å². The molecule has 0 aliphatic rings. The minimum absolute atomic E-state index is 0.315. The lowest BCUT2D eigenvalue weighted by molar-refractivity contribution is 0.260. The second-order valence-electron chi connectivity index (χ2n) is 1.36. The molecule has 2 N–H and O–H groups in total. The highest BCUT2D eigenvalue weighted by Gasteiger charge is 1.92. The summed E-state index contributed by atoms with van der Waals surface area (Å²) < 4.78 is 0. The summed E-state index contributed by atoms with van der Waals surface area (Å²) in [5, 5.41) is 15.1. The minimum atomic E-state index is -0.565. The highest BCUT2D eigenvalue weighted by Crippen LogP contribution is 1.77. The van der Waals surface area contributed by atoms with Crippen molar-refractivity contribution in [3.8, 4) is 0 Å². The molecule has 0 aliphatic carbocycles. The predicted molar refractivity (Wildman–Crippen MR) is 25.1 cm³/mol. The molecule has 0 heterocycles. The van der Waals surface area contributed by atoms with Crippen molar-refractivity contribution in [1.29, 1.82) is 5.41 Å². The maximum atomic E-state index is 8.41. The van der Waals surface area contributed by atoms with Gasteiger partial charge in [-0.05, 0) is 13.8 Å². The van der Waals surface area contributed by atoms with E-state index < -0.39 is 6.10 Å². The zero-order valence-corrected chi connectivity index (χ0v) is 4.02. The Kier molecular flexibility index (Phi) is 1.81. The van der Waals surface area contributed by atoms with Gasteiger partial charge in [-0.1, -0.05) is 0 Å². The van der Waals surface area contributed by atoms with Crippen LogP contribution >= 0.6 is 0 Å². The summed E-state index contributed by atoms with van der Waals surface area (Å²) in [4.78, 5) is 0. The second kappa shape index (κ2) is 1.92. The fourth-order valence-corrected chi connectivity index (χ4v) is 0. The smallest absolute Gasteiger partial charge is 0.0883 e. The summed E-state index contributed by atoms with van der Waals surface area (Å²) in [6.07, 6.45) is -0.565. The Labute approximate surface area is 37.3 Å². The Morgan fingerprint density at radius 3 is 2.00 bits per heavy atom. The molecule has 6 heavy (non-hydrogen) atoms. The van der Waals surface area contributed by atoms with Crippen molar-refractivity contribution in [3.63, 3.8) is 0 Å². The average molecular weight is 87.1 g/mol. The molecule has 0 aliphatic heterocycles. The predicted octanol–water partition coefficient (Wildman–Crippen LogP) is 0.407. The molecular formula is C4H9NO. The Hall–Kier alpha value is -0.370. The maximum absolute atomic E-state index is 8.41. The van der Waals surface area contributed by atoms with Gasteiger partial charge in [0.2, 0.25) is 0 Å². The van der Waals surface area contributed by atoms with Crippen LogP contribution in [0.1, 0.15) is 13.8 Å². The first kappa shape index (κ1) is 5.63. The van der Waals surface area contributed by atoms with E-state index >= 15 is 0 Å². The normalized spacial score (nSPS) is 13.8. The van der Waals surface area contributed by atoms with Crippen molar-refractivity contribution in [2.75, 3.05) is 0 Å². The van der Waals surface area contributed by atoms with Crippen LogP contribution in [0, 0.1) is 5.41 Å². The van der Waals surface area contributed by atoms with Crippen LogP contribution in [-0.4, -0.2) is 16.9 Å². The van der Waals surface area contributed by atoms with E-state index in [2.05, 4.69) is 0 Å². The number of nitrogens with one attached hydrogen (secondary N) is 1. The molecule has 0 aromatic carbocycles. The molecule has 0 bridgehead atoms. The maximum Gasteiger partial charge on any atom is 0.0883 e. The third kappa shape index (κ3) is 1.91. The third-order valence-electron chi connectivity index (χ3n) is 0.627. The summed E-state index contributed by atoms with van der Waals surface area (Å²) in [6, 6.07) is 0. The molecule has 0 fully saturated rings. The van der Waals surface area contributed by atoms with Crippen molar-refractivity contribution in [3.05, 3.63) is 0 Å². The van der Waals surface area contributed by atoms with E-state index in [0.717, 1.165) is 0 Å². The van der Waals surface area contributed by atoms with Crippen molar-refractivity contribution < 1.29 is 5.11 Å². The Bertz CT molecular complexity index is 58.6. The molecule has 1 atom stereocenters. The summed E-state index contributed by atoms with van der Waals surface area (Å²) in [6.45, 7) is 3.15. The van der Waals surface area contributed by atoms with Gasteiger partial charge in [0, 0.05) is 5.71 Å².